The van der Waals surface area contributed by atoms with Gasteiger partial charge in [-0.3, -0.25) is 0 Å². The zero-order chi connectivity index (χ0) is 13.2. The minimum Gasteiger partial charge on any atom is -0.492 e. The molecular weight excluding hydrogens is 232 g/mol. The quantitative estimate of drug-likeness (QED) is 0.732. The second kappa shape index (κ2) is 8.36. The van der Waals surface area contributed by atoms with Crippen molar-refractivity contribution in [2.75, 3.05) is 32.2 Å². The van der Waals surface area contributed by atoms with Gasteiger partial charge in [0.05, 0.1) is 12.3 Å². The van der Waals surface area contributed by atoms with Crippen LogP contribution in [0.3, 0.4) is 0 Å². The molecule has 0 atom stereocenters. The summed E-state index contributed by atoms with van der Waals surface area (Å²) in [5, 5.41) is 5.51. The fourth-order valence-electron chi connectivity index (χ4n) is 1.44. The van der Waals surface area contributed by atoms with Crippen molar-refractivity contribution in [1.29, 1.82) is 0 Å². The molecule has 18 heavy (non-hydrogen) atoms. The molecule has 100 valence electrons. The van der Waals surface area contributed by atoms with Gasteiger partial charge in [-0.25, -0.2) is 4.79 Å². The molecule has 0 aromatic heterocycles. The van der Waals surface area contributed by atoms with Gasteiger partial charge in [0, 0.05) is 20.3 Å². The Hall–Kier alpha value is -1.75. The number of methoxy groups -OCH3 is 1. The predicted molar refractivity (Wildman–Crippen MR) is 71.1 cm³/mol. The summed E-state index contributed by atoms with van der Waals surface area (Å²) in [4.78, 5) is 11.6. The fraction of sp³-hybridized carbons (Fsp3) is 0.462. The van der Waals surface area contributed by atoms with E-state index in [1.54, 1.807) is 13.2 Å². The van der Waals surface area contributed by atoms with Crippen molar-refractivity contribution in [2.45, 2.75) is 13.3 Å². The van der Waals surface area contributed by atoms with Gasteiger partial charge in [-0.1, -0.05) is 12.1 Å². The molecule has 2 N–H and O–H groups in total. The van der Waals surface area contributed by atoms with Crippen LogP contribution in [0.4, 0.5) is 10.5 Å². The highest BCUT2D eigenvalue weighted by atomic mass is 16.5. The third-order valence-electron chi connectivity index (χ3n) is 2.25. The highest BCUT2D eigenvalue weighted by Crippen LogP contribution is 2.23. The number of urea groups is 1. The maximum atomic E-state index is 11.6. The van der Waals surface area contributed by atoms with Gasteiger partial charge in [0.15, 0.2) is 0 Å². The van der Waals surface area contributed by atoms with Crippen LogP contribution in [0.5, 0.6) is 5.75 Å². The van der Waals surface area contributed by atoms with Crippen molar-refractivity contribution in [3.63, 3.8) is 0 Å². The van der Waals surface area contributed by atoms with Crippen molar-refractivity contribution in [3.05, 3.63) is 24.3 Å². The summed E-state index contributed by atoms with van der Waals surface area (Å²) < 4.78 is 10.3. The number of benzene rings is 1. The van der Waals surface area contributed by atoms with Crippen LogP contribution in [0, 0.1) is 0 Å². The molecular formula is C13H20N2O3. The Morgan fingerprint density at radius 1 is 1.33 bits per heavy atom. The Morgan fingerprint density at radius 3 is 2.83 bits per heavy atom. The van der Waals surface area contributed by atoms with Gasteiger partial charge in [0.1, 0.15) is 5.75 Å². The number of rotatable bonds is 7. The van der Waals surface area contributed by atoms with Crippen LogP contribution in [0.2, 0.25) is 0 Å². The highest BCUT2D eigenvalue weighted by molar-refractivity contribution is 5.90. The molecule has 0 aliphatic carbocycles. The molecule has 0 radical (unpaired) electrons. The Kier molecular flexibility index (Phi) is 6.64. The summed E-state index contributed by atoms with van der Waals surface area (Å²) in [6, 6.07) is 7.11. The molecule has 1 aromatic carbocycles. The lowest BCUT2D eigenvalue weighted by molar-refractivity contribution is 0.194. The summed E-state index contributed by atoms with van der Waals surface area (Å²) in [6.45, 7) is 3.68. The predicted octanol–water partition coefficient (Wildman–Crippen LogP) is 2.24. The number of hydrogen-bond donors (Lipinski definition) is 2. The number of nitrogens with one attached hydrogen (secondary N) is 2. The van der Waals surface area contributed by atoms with Crippen LogP contribution in [0.1, 0.15) is 13.3 Å². The molecule has 0 heterocycles. The van der Waals surface area contributed by atoms with Crippen molar-refractivity contribution >= 4 is 11.7 Å². The SMILES string of the molecule is CCOc1ccccc1NC(=O)NCCCOC. The van der Waals surface area contributed by atoms with Gasteiger partial charge in [-0.2, -0.15) is 0 Å². The van der Waals surface area contributed by atoms with Gasteiger partial charge in [-0.15, -0.1) is 0 Å². The standard InChI is InChI=1S/C13H20N2O3/c1-3-18-12-8-5-4-7-11(12)15-13(16)14-9-6-10-17-2/h4-5,7-8H,3,6,9-10H2,1-2H3,(H2,14,15,16). The number of carbonyl (C=O) groups is 1. The molecule has 0 spiro atoms. The summed E-state index contributed by atoms with van der Waals surface area (Å²) in [5.74, 6) is 0.673. The molecule has 0 saturated carbocycles. The van der Waals surface area contributed by atoms with Crippen LogP contribution in [-0.2, 0) is 4.74 Å². The van der Waals surface area contributed by atoms with E-state index in [1.165, 1.54) is 0 Å². The topological polar surface area (TPSA) is 59.6 Å². The average Bonchev–Trinajstić information content (AvgIpc) is 2.37. The van der Waals surface area contributed by atoms with E-state index in [0.717, 1.165) is 6.42 Å². The highest BCUT2D eigenvalue weighted by Gasteiger charge is 2.05. The van der Waals surface area contributed by atoms with Crippen molar-refractivity contribution in [2.24, 2.45) is 0 Å². The Balaban J connectivity index is 2.43. The van der Waals surface area contributed by atoms with Crippen LogP contribution in [-0.4, -0.2) is 32.9 Å². The van der Waals surface area contributed by atoms with E-state index in [1.807, 2.05) is 25.1 Å². The Morgan fingerprint density at radius 2 is 2.11 bits per heavy atom. The average molecular weight is 252 g/mol. The lowest BCUT2D eigenvalue weighted by Crippen LogP contribution is -2.30. The Labute approximate surface area is 107 Å². The second-order valence-corrected chi connectivity index (χ2v) is 3.66. The molecule has 0 bridgehead atoms. The van der Waals surface area contributed by atoms with E-state index in [9.17, 15) is 4.79 Å². The number of para-hydroxylation sites is 2. The van der Waals surface area contributed by atoms with E-state index in [4.69, 9.17) is 9.47 Å². The second-order valence-electron chi connectivity index (χ2n) is 3.66. The van der Waals surface area contributed by atoms with Gasteiger partial charge < -0.3 is 20.1 Å². The number of ether oxygens (including phenoxy) is 2. The first-order valence-electron chi connectivity index (χ1n) is 6.03. The van der Waals surface area contributed by atoms with Gasteiger partial charge >= 0.3 is 6.03 Å². The minimum atomic E-state index is -0.238. The lowest BCUT2D eigenvalue weighted by Gasteiger charge is -2.11. The molecule has 0 saturated heterocycles. The Bertz CT molecular complexity index is 369. The summed E-state index contributed by atoms with van der Waals surface area (Å²) in [5.41, 5.74) is 0.670. The van der Waals surface area contributed by atoms with E-state index in [0.29, 0.717) is 31.2 Å². The molecule has 0 unspecified atom stereocenters. The fourth-order valence-corrected chi connectivity index (χ4v) is 1.44. The monoisotopic (exact) mass is 252 g/mol. The third kappa shape index (κ3) is 5.05. The number of anilines is 1. The summed E-state index contributed by atoms with van der Waals surface area (Å²) in [6.07, 6.45) is 0.789. The normalized spacial score (nSPS) is 9.89. The van der Waals surface area contributed by atoms with E-state index >= 15 is 0 Å². The lowest BCUT2D eigenvalue weighted by atomic mass is 10.3. The van der Waals surface area contributed by atoms with Gasteiger partial charge in [-0.05, 0) is 25.5 Å². The molecule has 2 amide bonds. The molecule has 5 nitrogen and oxygen atoms in total. The molecule has 5 heteroatoms. The van der Waals surface area contributed by atoms with Crippen LogP contribution < -0.4 is 15.4 Å². The molecule has 0 aliphatic heterocycles. The van der Waals surface area contributed by atoms with Gasteiger partial charge in [0.2, 0.25) is 0 Å². The summed E-state index contributed by atoms with van der Waals surface area (Å²) >= 11 is 0. The van der Waals surface area contributed by atoms with Crippen LogP contribution in [0.25, 0.3) is 0 Å². The summed E-state index contributed by atoms with van der Waals surface area (Å²) in [7, 11) is 1.64. The maximum absolute atomic E-state index is 11.6. The third-order valence-corrected chi connectivity index (χ3v) is 2.25. The number of hydrogen-bond acceptors (Lipinski definition) is 3. The first-order valence-corrected chi connectivity index (χ1v) is 6.03. The first kappa shape index (κ1) is 14.3. The zero-order valence-electron chi connectivity index (χ0n) is 10.9. The minimum absolute atomic E-state index is 0.238. The van der Waals surface area contributed by atoms with Crippen molar-refractivity contribution in [1.82, 2.24) is 5.32 Å². The van der Waals surface area contributed by atoms with Crippen molar-refractivity contribution in [3.8, 4) is 5.75 Å². The van der Waals surface area contributed by atoms with Crippen LogP contribution >= 0.6 is 0 Å². The zero-order valence-corrected chi connectivity index (χ0v) is 10.9. The molecule has 0 fully saturated rings. The van der Waals surface area contributed by atoms with E-state index in [2.05, 4.69) is 10.6 Å². The van der Waals surface area contributed by atoms with Crippen molar-refractivity contribution < 1.29 is 14.3 Å². The molecule has 0 aliphatic rings. The van der Waals surface area contributed by atoms with Gasteiger partial charge in [0.25, 0.3) is 0 Å². The molecule has 1 aromatic rings. The first-order chi connectivity index (χ1) is 8.77. The van der Waals surface area contributed by atoms with E-state index < -0.39 is 0 Å². The molecule has 1 rings (SSSR count). The number of carbonyl (C=O) groups excluding carboxylic acids is 1. The van der Waals surface area contributed by atoms with Crippen LogP contribution in [0.15, 0.2) is 24.3 Å². The number of amides is 2. The smallest absolute Gasteiger partial charge is 0.319 e. The maximum Gasteiger partial charge on any atom is 0.319 e. The largest absolute Gasteiger partial charge is 0.492 e. The van der Waals surface area contributed by atoms with E-state index in [-0.39, 0.29) is 6.03 Å².